The van der Waals surface area contributed by atoms with Crippen LogP contribution in [0.25, 0.3) is 10.2 Å². The molecule has 2 aromatic rings. The first-order valence-electron chi connectivity index (χ1n) is 7.66. The van der Waals surface area contributed by atoms with Gasteiger partial charge in [0.05, 0.1) is 10.2 Å². The molecule has 1 aromatic carbocycles. The number of anilines is 1. The molecule has 2 saturated heterocycles. The maximum absolute atomic E-state index is 4.84. The number of fused-ring (bicyclic) bond motifs is 1. The average Bonchev–Trinajstić information content (AvgIpc) is 2.92. The highest BCUT2D eigenvalue weighted by Crippen LogP contribution is 2.39. The van der Waals surface area contributed by atoms with Crippen molar-refractivity contribution in [1.82, 2.24) is 10.3 Å². The second-order valence-corrected chi connectivity index (χ2v) is 7.28. The van der Waals surface area contributed by atoms with Crippen molar-refractivity contribution in [3.63, 3.8) is 0 Å². The molecule has 4 heteroatoms. The largest absolute Gasteiger partial charge is 0.347 e. The van der Waals surface area contributed by atoms with E-state index in [9.17, 15) is 0 Å². The second kappa shape index (κ2) is 5.01. The Hall–Kier alpha value is -1.13. The average molecular weight is 287 g/mol. The number of aromatic nitrogens is 1. The summed E-state index contributed by atoms with van der Waals surface area (Å²) in [5.74, 6) is 0. The van der Waals surface area contributed by atoms with Crippen LogP contribution in [0.15, 0.2) is 24.3 Å². The van der Waals surface area contributed by atoms with Crippen LogP contribution in [0, 0.1) is 5.41 Å². The molecule has 20 heavy (non-hydrogen) atoms. The van der Waals surface area contributed by atoms with Gasteiger partial charge >= 0.3 is 0 Å². The zero-order chi connectivity index (χ0) is 13.4. The number of hydrogen-bond donors (Lipinski definition) is 1. The predicted molar refractivity (Wildman–Crippen MR) is 85.6 cm³/mol. The van der Waals surface area contributed by atoms with Crippen molar-refractivity contribution in [2.75, 3.05) is 31.1 Å². The van der Waals surface area contributed by atoms with Gasteiger partial charge in [-0.1, -0.05) is 23.5 Å². The Labute approximate surface area is 124 Å². The van der Waals surface area contributed by atoms with E-state index in [0.717, 1.165) is 5.52 Å². The van der Waals surface area contributed by atoms with E-state index in [-0.39, 0.29) is 0 Å². The number of thiazole rings is 1. The van der Waals surface area contributed by atoms with E-state index in [1.807, 2.05) is 11.3 Å². The van der Waals surface area contributed by atoms with Crippen LogP contribution in [-0.2, 0) is 0 Å². The van der Waals surface area contributed by atoms with Gasteiger partial charge in [-0.05, 0) is 44.4 Å². The molecule has 0 aliphatic carbocycles. The van der Waals surface area contributed by atoms with Gasteiger partial charge in [0.1, 0.15) is 0 Å². The van der Waals surface area contributed by atoms with Gasteiger partial charge < -0.3 is 10.2 Å². The van der Waals surface area contributed by atoms with Crippen molar-refractivity contribution in [2.45, 2.75) is 25.7 Å². The fraction of sp³-hybridized carbons (Fsp3) is 0.562. The van der Waals surface area contributed by atoms with Gasteiger partial charge in [-0.3, -0.25) is 0 Å². The molecule has 0 amide bonds. The summed E-state index contributed by atoms with van der Waals surface area (Å²) >= 11 is 1.85. The molecule has 0 radical (unpaired) electrons. The molecule has 2 aliphatic heterocycles. The van der Waals surface area contributed by atoms with Gasteiger partial charge in [-0.15, -0.1) is 0 Å². The molecule has 2 aliphatic rings. The second-order valence-electron chi connectivity index (χ2n) is 6.27. The van der Waals surface area contributed by atoms with Crippen LogP contribution in [-0.4, -0.2) is 31.2 Å². The van der Waals surface area contributed by atoms with E-state index < -0.39 is 0 Å². The molecule has 4 rings (SSSR count). The molecule has 3 heterocycles. The third kappa shape index (κ3) is 2.21. The first-order valence-corrected chi connectivity index (χ1v) is 8.48. The normalized spacial score (nSPS) is 27.3. The van der Waals surface area contributed by atoms with Crippen molar-refractivity contribution in [1.29, 1.82) is 0 Å². The summed E-state index contributed by atoms with van der Waals surface area (Å²) in [5.41, 5.74) is 1.64. The molecule has 1 atom stereocenters. The minimum atomic E-state index is 0.494. The number of rotatable bonds is 1. The molecule has 1 spiro atoms. The molecule has 1 N–H and O–H groups in total. The van der Waals surface area contributed by atoms with E-state index in [2.05, 4.69) is 34.5 Å². The Bertz CT molecular complexity index is 562. The van der Waals surface area contributed by atoms with Crippen LogP contribution < -0.4 is 10.2 Å². The van der Waals surface area contributed by atoms with Crippen LogP contribution >= 0.6 is 11.3 Å². The van der Waals surface area contributed by atoms with Crippen LogP contribution in [0.2, 0.25) is 0 Å². The van der Waals surface area contributed by atoms with E-state index >= 15 is 0 Å². The van der Waals surface area contributed by atoms with E-state index in [4.69, 9.17) is 4.98 Å². The zero-order valence-corrected chi connectivity index (χ0v) is 12.6. The lowest BCUT2D eigenvalue weighted by Gasteiger charge is -2.45. The van der Waals surface area contributed by atoms with Gasteiger partial charge in [0.15, 0.2) is 5.13 Å². The summed E-state index contributed by atoms with van der Waals surface area (Å²) < 4.78 is 1.31. The van der Waals surface area contributed by atoms with Crippen molar-refractivity contribution < 1.29 is 0 Å². The molecule has 1 unspecified atom stereocenters. The predicted octanol–water partition coefficient (Wildman–Crippen LogP) is 3.27. The number of benzene rings is 1. The summed E-state index contributed by atoms with van der Waals surface area (Å²) in [6.45, 7) is 4.73. The summed E-state index contributed by atoms with van der Waals surface area (Å²) in [4.78, 5) is 7.37. The number of para-hydroxylation sites is 1. The van der Waals surface area contributed by atoms with Crippen molar-refractivity contribution in [3.8, 4) is 0 Å². The monoisotopic (exact) mass is 287 g/mol. The number of nitrogens with one attached hydrogen (secondary N) is 1. The smallest absolute Gasteiger partial charge is 0.186 e. The lowest BCUT2D eigenvalue weighted by atomic mass is 9.74. The van der Waals surface area contributed by atoms with Crippen molar-refractivity contribution in [3.05, 3.63) is 24.3 Å². The van der Waals surface area contributed by atoms with Gasteiger partial charge in [-0.2, -0.15) is 0 Å². The highest BCUT2D eigenvalue weighted by molar-refractivity contribution is 7.22. The number of hydrogen-bond acceptors (Lipinski definition) is 4. The molecule has 0 saturated carbocycles. The van der Waals surface area contributed by atoms with E-state index in [0.29, 0.717) is 5.41 Å². The molecular formula is C16H21N3S. The third-order valence-electron chi connectivity index (χ3n) is 4.78. The van der Waals surface area contributed by atoms with Gasteiger partial charge in [0.25, 0.3) is 0 Å². The molecule has 106 valence electrons. The van der Waals surface area contributed by atoms with Crippen LogP contribution in [0.1, 0.15) is 25.7 Å². The van der Waals surface area contributed by atoms with Crippen molar-refractivity contribution >= 4 is 26.7 Å². The fourth-order valence-electron chi connectivity index (χ4n) is 3.75. The summed E-state index contributed by atoms with van der Waals surface area (Å²) in [6, 6.07) is 8.48. The van der Waals surface area contributed by atoms with E-state index in [1.54, 1.807) is 0 Å². The highest BCUT2D eigenvalue weighted by atomic mass is 32.1. The molecule has 2 fully saturated rings. The molecule has 0 bridgehead atoms. The molecular weight excluding hydrogens is 266 g/mol. The molecule has 3 nitrogen and oxygen atoms in total. The minimum Gasteiger partial charge on any atom is -0.347 e. The Morgan fingerprint density at radius 2 is 2.10 bits per heavy atom. The maximum Gasteiger partial charge on any atom is 0.186 e. The Kier molecular flexibility index (Phi) is 3.15. The SMILES string of the molecule is c1ccc2sc(N3CCCC4(CCCNC4)C3)nc2c1. The van der Waals surface area contributed by atoms with Crippen LogP contribution in [0.5, 0.6) is 0 Å². The van der Waals surface area contributed by atoms with E-state index in [1.165, 1.54) is 61.7 Å². The number of piperidine rings is 2. The molecule has 1 aromatic heterocycles. The van der Waals surface area contributed by atoms with Crippen LogP contribution in [0.3, 0.4) is 0 Å². The standard InChI is InChI=1S/C16H21N3S/c1-2-6-14-13(5-1)18-15(20-14)19-10-4-8-16(12-19)7-3-9-17-11-16/h1-2,5-6,17H,3-4,7-12H2. The Balaban J connectivity index is 1.61. The lowest BCUT2D eigenvalue weighted by molar-refractivity contribution is 0.173. The Morgan fingerprint density at radius 3 is 2.95 bits per heavy atom. The van der Waals surface area contributed by atoms with Crippen LogP contribution in [0.4, 0.5) is 5.13 Å². The van der Waals surface area contributed by atoms with Crippen molar-refractivity contribution in [2.24, 2.45) is 5.41 Å². The quantitative estimate of drug-likeness (QED) is 0.872. The topological polar surface area (TPSA) is 28.2 Å². The van der Waals surface area contributed by atoms with Gasteiger partial charge in [0.2, 0.25) is 0 Å². The first kappa shape index (κ1) is 12.6. The maximum atomic E-state index is 4.84. The third-order valence-corrected chi connectivity index (χ3v) is 5.87. The number of nitrogens with zero attached hydrogens (tertiary/aromatic N) is 2. The highest BCUT2D eigenvalue weighted by Gasteiger charge is 2.37. The van der Waals surface area contributed by atoms with Gasteiger partial charge in [-0.25, -0.2) is 4.98 Å². The summed E-state index contributed by atoms with van der Waals surface area (Å²) in [6.07, 6.45) is 5.38. The summed E-state index contributed by atoms with van der Waals surface area (Å²) in [7, 11) is 0. The van der Waals surface area contributed by atoms with Gasteiger partial charge in [0, 0.05) is 25.0 Å². The minimum absolute atomic E-state index is 0.494. The first-order chi connectivity index (χ1) is 9.85. The zero-order valence-electron chi connectivity index (χ0n) is 11.8. The Morgan fingerprint density at radius 1 is 1.20 bits per heavy atom. The summed E-state index contributed by atoms with van der Waals surface area (Å²) in [5, 5.41) is 4.82. The fourth-order valence-corrected chi connectivity index (χ4v) is 4.74. The lowest BCUT2D eigenvalue weighted by Crippen LogP contribution is -2.51.